The summed E-state index contributed by atoms with van der Waals surface area (Å²) in [6, 6.07) is 0. The topological polar surface area (TPSA) is 137 Å². The average molecular weight is 359 g/mol. The highest BCUT2D eigenvalue weighted by Gasteiger charge is 2.43. The van der Waals surface area contributed by atoms with E-state index in [-0.39, 0.29) is 18.4 Å². The van der Waals surface area contributed by atoms with Crippen molar-refractivity contribution < 1.29 is 39.5 Å². The van der Waals surface area contributed by atoms with E-state index in [0.29, 0.717) is 19.4 Å². The van der Waals surface area contributed by atoms with Gasteiger partial charge in [0.25, 0.3) is 11.8 Å². The number of rotatable bonds is 9. The molecule has 0 aromatic rings. The van der Waals surface area contributed by atoms with Crippen LogP contribution in [0.4, 0.5) is 0 Å². The Morgan fingerprint density at radius 3 is 2.24 bits per heavy atom. The molecule has 1 saturated heterocycles. The summed E-state index contributed by atoms with van der Waals surface area (Å²) in [4.78, 5) is 23.9. The summed E-state index contributed by atoms with van der Waals surface area (Å²) in [5, 5.41) is 38.2. The van der Waals surface area contributed by atoms with E-state index in [4.69, 9.17) is 14.6 Å². The Labute approximate surface area is 145 Å². The lowest BCUT2D eigenvalue weighted by molar-refractivity contribution is -0.301. The van der Waals surface area contributed by atoms with Crippen molar-refractivity contribution in [3.8, 4) is 0 Å². The van der Waals surface area contributed by atoms with Crippen molar-refractivity contribution in [2.75, 3.05) is 19.8 Å². The van der Waals surface area contributed by atoms with Gasteiger partial charge in [-0.05, 0) is 12.8 Å². The monoisotopic (exact) mass is 359 g/mol. The molecule has 0 aliphatic carbocycles. The molecule has 0 radical (unpaired) electrons. The van der Waals surface area contributed by atoms with Crippen LogP contribution in [-0.2, 0) is 19.1 Å². The predicted octanol–water partition coefficient (Wildman–Crippen LogP) is -1.71. The van der Waals surface area contributed by atoms with Crippen molar-refractivity contribution in [1.29, 1.82) is 0 Å². The Morgan fingerprint density at radius 2 is 1.60 bits per heavy atom. The summed E-state index contributed by atoms with van der Waals surface area (Å²) < 4.78 is 10.6. The number of nitrogens with zero attached hydrogens (tertiary/aromatic N) is 1. The Kier molecular flexibility index (Phi) is 7.48. The van der Waals surface area contributed by atoms with Gasteiger partial charge >= 0.3 is 0 Å². The second-order valence-electron chi connectivity index (χ2n) is 6.14. The van der Waals surface area contributed by atoms with Gasteiger partial charge in [0.05, 0.1) is 6.61 Å². The number of ether oxygens (including phenoxy) is 2. The predicted molar refractivity (Wildman–Crippen MR) is 84.0 cm³/mol. The number of aliphatic hydroxyl groups is 4. The molecular formula is C16H25NO8. The van der Waals surface area contributed by atoms with Crippen molar-refractivity contribution in [2.45, 2.75) is 56.4 Å². The molecule has 2 heterocycles. The van der Waals surface area contributed by atoms with Crippen LogP contribution in [-0.4, -0.2) is 87.6 Å². The molecule has 2 aliphatic rings. The number of carbonyl (C=O) groups excluding carboxylic acids is 2. The normalized spacial score (nSPS) is 32.6. The van der Waals surface area contributed by atoms with E-state index >= 15 is 0 Å². The summed E-state index contributed by atoms with van der Waals surface area (Å²) in [5.41, 5.74) is 0. The fourth-order valence-electron chi connectivity index (χ4n) is 2.78. The van der Waals surface area contributed by atoms with Crippen molar-refractivity contribution in [3.05, 3.63) is 12.2 Å². The fraction of sp³-hybridized carbons (Fsp3) is 0.750. The van der Waals surface area contributed by atoms with Crippen LogP contribution in [0.25, 0.3) is 0 Å². The minimum absolute atomic E-state index is 0.270. The first-order chi connectivity index (χ1) is 12.0. The van der Waals surface area contributed by atoms with E-state index in [2.05, 4.69) is 0 Å². The zero-order chi connectivity index (χ0) is 18.4. The van der Waals surface area contributed by atoms with E-state index in [1.54, 1.807) is 0 Å². The van der Waals surface area contributed by atoms with E-state index in [1.807, 2.05) is 0 Å². The molecule has 1 fully saturated rings. The molecule has 2 unspecified atom stereocenters. The van der Waals surface area contributed by atoms with E-state index in [1.165, 1.54) is 17.1 Å². The molecule has 142 valence electrons. The van der Waals surface area contributed by atoms with Crippen LogP contribution in [0, 0.1) is 0 Å². The summed E-state index contributed by atoms with van der Waals surface area (Å²) in [5.74, 6) is -0.563. The number of hydrogen-bond donors (Lipinski definition) is 4. The third-order valence-electron chi connectivity index (χ3n) is 4.31. The molecule has 4 N–H and O–H groups in total. The van der Waals surface area contributed by atoms with E-state index in [0.717, 1.165) is 12.8 Å². The van der Waals surface area contributed by atoms with Crippen LogP contribution in [0.15, 0.2) is 12.2 Å². The standard InChI is InChI=1S/C16H25NO8/c18-9-10-13(21)14(22)15(23)16(25-10)24-8-4-2-1-3-7-17-11(19)5-6-12(17)20/h5-6,10,13-16,18,21-23H,1-4,7-9H2/t10?,13-,14-,15?,16+/m0/s1. The van der Waals surface area contributed by atoms with Gasteiger partial charge in [0.1, 0.15) is 24.4 Å². The quantitative estimate of drug-likeness (QED) is 0.282. The highest BCUT2D eigenvalue weighted by atomic mass is 16.7. The lowest BCUT2D eigenvalue weighted by Crippen LogP contribution is -2.59. The lowest BCUT2D eigenvalue weighted by Gasteiger charge is -2.39. The Balaban J connectivity index is 1.58. The van der Waals surface area contributed by atoms with Crippen LogP contribution < -0.4 is 0 Å². The van der Waals surface area contributed by atoms with Crippen molar-refractivity contribution in [2.24, 2.45) is 0 Å². The summed E-state index contributed by atoms with van der Waals surface area (Å²) in [7, 11) is 0. The average Bonchev–Trinajstić information content (AvgIpc) is 2.92. The second-order valence-corrected chi connectivity index (χ2v) is 6.14. The molecule has 0 bridgehead atoms. The van der Waals surface area contributed by atoms with Gasteiger partial charge in [-0.25, -0.2) is 0 Å². The molecule has 0 aromatic carbocycles. The minimum Gasteiger partial charge on any atom is -0.394 e. The van der Waals surface area contributed by atoms with Crippen LogP contribution >= 0.6 is 0 Å². The number of hydrogen-bond acceptors (Lipinski definition) is 8. The summed E-state index contributed by atoms with van der Waals surface area (Å²) in [6.07, 6.45) is -0.852. The highest BCUT2D eigenvalue weighted by molar-refractivity contribution is 6.12. The first-order valence-corrected chi connectivity index (χ1v) is 8.41. The molecule has 25 heavy (non-hydrogen) atoms. The Bertz CT molecular complexity index is 477. The Hall–Kier alpha value is -1.36. The molecule has 0 saturated carbocycles. The molecule has 2 amide bonds. The first kappa shape index (κ1) is 20.0. The van der Waals surface area contributed by atoms with Gasteiger partial charge < -0.3 is 29.9 Å². The number of amides is 2. The van der Waals surface area contributed by atoms with Gasteiger partial charge in [-0.3, -0.25) is 14.5 Å². The third kappa shape index (κ3) is 5.06. The van der Waals surface area contributed by atoms with Crippen LogP contribution in [0.3, 0.4) is 0 Å². The molecule has 5 atom stereocenters. The van der Waals surface area contributed by atoms with Crippen molar-refractivity contribution in [1.82, 2.24) is 4.90 Å². The third-order valence-corrected chi connectivity index (χ3v) is 4.31. The van der Waals surface area contributed by atoms with Gasteiger partial charge in [0.2, 0.25) is 0 Å². The maximum atomic E-state index is 11.4. The van der Waals surface area contributed by atoms with E-state index in [9.17, 15) is 24.9 Å². The molecule has 0 spiro atoms. The van der Waals surface area contributed by atoms with Crippen LogP contribution in [0.1, 0.15) is 25.7 Å². The molecule has 9 nitrogen and oxygen atoms in total. The molecule has 9 heteroatoms. The second kappa shape index (κ2) is 9.37. The van der Waals surface area contributed by atoms with Crippen LogP contribution in [0.5, 0.6) is 0 Å². The SMILES string of the molecule is O=C1C=CC(=O)N1CCCCCCO[C@@H]1OC(CO)[C@H](O)[C@H](O)C1O. The van der Waals surface area contributed by atoms with E-state index < -0.39 is 37.3 Å². The van der Waals surface area contributed by atoms with Gasteiger partial charge in [0.15, 0.2) is 6.29 Å². The zero-order valence-electron chi connectivity index (χ0n) is 13.9. The van der Waals surface area contributed by atoms with Gasteiger partial charge in [0, 0.05) is 25.3 Å². The Morgan fingerprint density at radius 1 is 0.960 bits per heavy atom. The number of aliphatic hydroxyl groups excluding tert-OH is 4. The lowest BCUT2D eigenvalue weighted by atomic mass is 9.99. The smallest absolute Gasteiger partial charge is 0.253 e. The first-order valence-electron chi connectivity index (χ1n) is 8.41. The molecule has 2 rings (SSSR count). The minimum atomic E-state index is -1.44. The van der Waals surface area contributed by atoms with Gasteiger partial charge in [-0.15, -0.1) is 0 Å². The van der Waals surface area contributed by atoms with Crippen molar-refractivity contribution >= 4 is 11.8 Å². The van der Waals surface area contributed by atoms with Gasteiger partial charge in [-0.1, -0.05) is 12.8 Å². The number of unbranched alkanes of at least 4 members (excludes halogenated alkanes) is 3. The summed E-state index contributed by atoms with van der Waals surface area (Å²) >= 11 is 0. The largest absolute Gasteiger partial charge is 0.394 e. The van der Waals surface area contributed by atoms with Gasteiger partial charge in [-0.2, -0.15) is 0 Å². The molecular weight excluding hydrogens is 334 g/mol. The van der Waals surface area contributed by atoms with Crippen LogP contribution in [0.2, 0.25) is 0 Å². The molecule has 2 aliphatic heterocycles. The van der Waals surface area contributed by atoms with Crippen molar-refractivity contribution in [3.63, 3.8) is 0 Å². The number of imide groups is 1. The maximum Gasteiger partial charge on any atom is 0.253 e. The fourth-order valence-corrected chi connectivity index (χ4v) is 2.78. The molecule has 0 aromatic heterocycles. The zero-order valence-corrected chi connectivity index (χ0v) is 13.9. The summed E-state index contributed by atoms with van der Waals surface area (Å²) in [6.45, 7) is 0.164. The highest BCUT2D eigenvalue weighted by Crippen LogP contribution is 2.22. The number of carbonyl (C=O) groups is 2. The maximum absolute atomic E-state index is 11.4.